The first-order valence-electron chi connectivity index (χ1n) is 8.76. The maximum Gasteiger partial charge on any atom is 0.226 e. The van der Waals surface area contributed by atoms with Crippen LogP contribution in [0.2, 0.25) is 0 Å². The van der Waals surface area contributed by atoms with Crippen LogP contribution in [0.25, 0.3) is 11.5 Å². The molecule has 0 radical (unpaired) electrons. The van der Waals surface area contributed by atoms with Gasteiger partial charge >= 0.3 is 0 Å². The topological polar surface area (TPSA) is 29.3 Å². The Bertz CT molecular complexity index is 831. The van der Waals surface area contributed by atoms with Gasteiger partial charge in [0.15, 0.2) is 0 Å². The largest absolute Gasteiger partial charge is 0.444 e. The molecule has 1 aromatic heterocycles. The van der Waals surface area contributed by atoms with Gasteiger partial charge in [-0.05, 0) is 49.6 Å². The van der Waals surface area contributed by atoms with E-state index in [4.69, 9.17) is 4.42 Å². The number of aromatic nitrogens is 1. The van der Waals surface area contributed by atoms with E-state index >= 15 is 0 Å². The van der Waals surface area contributed by atoms with E-state index in [1.807, 2.05) is 6.07 Å². The molecule has 1 aliphatic heterocycles. The summed E-state index contributed by atoms with van der Waals surface area (Å²) in [6, 6.07) is 17.5. The third kappa shape index (κ3) is 3.80. The zero-order valence-electron chi connectivity index (χ0n) is 14.1. The van der Waals surface area contributed by atoms with Crippen molar-refractivity contribution in [1.29, 1.82) is 0 Å². The van der Waals surface area contributed by atoms with Gasteiger partial charge in [0, 0.05) is 18.2 Å². The molecule has 128 valence electrons. The predicted octanol–water partition coefficient (Wildman–Crippen LogP) is 4.69. The zero-order valence-corrected chi connectivity index (χ0v) is 14.1. The second-order valence-electron chi connectivity index (χ2n) is 6.61. The first kappa shape index (κ1) is 16.0. The van der Waals surface area contributed by atoms with E-state index in [2.05, 4.69) is 40.2 Å². The number of nitrogens with zero attached hydrogens (tertiary/aromatic N) is 2. The molecule has 25 heavy (non-hydrogen) atoms. The third-order valence-corrected chi connectivity index (χ3v) is 4.80. The minimum atomic E-state index is -0.278. The van der Waals surface area contributed by atoms with Gasteiger partial charge in [-0.1, -0.05) is 36.4 Å². The van der Waals surface area contributed by atoms with Crippen LogP contribution >= 0.6 is 0 Å². The maximum absolute atomic E-state index is 13.4. The summed E-state index contributed by atoms with van der Waals surface area (Å²) in [5.41, 5.74) is 2.95. The van der Waals surface area contributed by atoms with Crippen molar-refractivity contribution >= 4 is 0 Å². The number of rotatable bonds is 5. The van der Waals surface area contributed by atoms with Crippen LogP contribution in [0.3, 0.4) is 0 Å². The highest BCUT2D eigenvalue weighted by atomic mass is 19.1. The Hall–Kier alpha value is -2.46. The Morgan fingerprint density at radius 3 is 2.84 bits per heavy atom. The summed E-state index contributed by atoms with van der Waals surface area (Å²) < 4.78 is 18.9. The van der Waals surface area contributed by atoms with E-state index in [9.17, 15) is 4.39 Å². The number of halogens is 1. The second-order valence-corrected chi connectivity index (χ2v) is 6.61. The Labute approximate surface area is 147 Å². The summed E-state index contributed by atoms with van der Waals surface area (Å²) >= 11 is 0. The molecule has 2 aromatic carbocycles. The molecule has 0 amide bonds. The minimum absolute atomic E-state index is 0.278. The highest BCUT2D eigenvalue weighted by Gasteiger charge is 2.25. The molecule has 0 unspecified atom stereocenters. The van der Waals surface area contributed by atoms with Crippen molar-refractivity contribution in [3.05, 3.63) is 77.9 Å². The maximum atomic E-state index is 13.4. The van der Waals surface area contributed by atoms with Crippen LogP contribution in [0.15, 0.2) is 65.3 Å². The van der Waals surface area contributed by atoms with Crippen LogP contribution in [0.1, 0.15) is 24.1 Å². The lowest BCUT2D eigenvalue weighted by Gasteiger charge is -2.23. The lowest BCUT2D eigenvalue weighted by Crippen LogP contribution is -2.30. The molecule has 0 N–H and O–H groups in total. The average molecular weight is 336 g/mol. The standard InChI is InChI=1S/C21H21FN2O/c22-18-9-4-8-17(13-18)21-23-19(15-25-21)14-24-11-5-10-20(24)12-16-6-2-1-3-7-16/h1-4,6-9,13,15,20H,5,10-12,14H2/t20-/m0/s1. The lowest BCUT2D eigenvalue weighted by atomic mass is 10.0. The van der Waals surface area contributed by atoms with Gasteiger partial charge in [-0.15, -0.1) is 0 Å². The van der Waals surface area contributed by atoms with Crippen LogP contribution in [0.5, 0.6) is 0 Å². The van der Waals surface area contributed by atoms with Gasteiger partial charge in [-0.2, -0.15) is 0 Å². The molecule has 0 aliphatic carbocycles. The fourth-order valence-electron chi connectivity index (χ4n) is 3.56. The number of benzene rings is 2. The molecule has 2 heterocycles. The monoisotopic (exact) mass is 336 g/mol. The number of hydrogen-bond donors (Lipinski definition) is 0. The summed E-state index contributed by atoms with van der Waals surface area (Å²) in [4.78, 5) is 7.02. The van der Waals surface area contributed by atoms with Gasteiger partial charge in [0.05, 0.1) is 5.69 Å². The minimum Gasteiger partial charge on any atom is -0.444 e. The number of oxazole rings is 1. The summed E-state index contributed by atoms with van der Waals surface area (Å²) in [7, 11) is 0. The van der Waals surface area contributed by atoms with Gasteiger partial charge in [-0.3, -0.25) is 4.90 Å². The smallest absolute Gasteiger partial charge is 0.226 e. The SMILES string of the molecule is Fc1cccc(-c2nc(CN3CCC[C@H]3Cc3ccccc3)co2)c1. The summed E-state index contributed by atoms with van der Waals surface area (Å²) in [6.45, 7) is 1.86. The molecule has 1 saturated heterocycles. The molecule has 0 saturated carbocycles. The van der Waals surface area contributed by atoms with Gasteiger partial charge in [0.1, 0.15) is 12.1 Å². The van der Waals surface area contributed by atoms with Crippen molar-refractivity contribution in [3.63, 3.8) is 0 Å². The summed E-state index contributed by atoms with van der Waals surface area (Å²) in [5.74, 6) is 0.202. The van der Waals surface area contributed by atoms with Gasteiger partial charge < -0.3 is 4.42 Å². The van der Waals surface area contributed by atoms with Gasteiger partial charge in [0.2, 0.25) is 5.89 Å². The highest BCUT2D eigenvalue weighted by molar-refractivity contribution is 5.52. The van der Waals surface area contributed by atoms with Crippen molar-refractivity contribution in [2.24, 2.45) is 0 Å². The Kier molecular flexibility index (Phi) is 4.61. The van der Waals surface area contributed by atoms with Crippen LogP contribution in [0.4, 0.5) is 4.39 Å². The summed E-state index contributed by atoms with van der Waals surface area (Å²) in [6.07, 6.45) is 5.18. The van der Waals surface area contributed by atoms with Crippen LogP contribution < -0.4 is 0 Å². The molecule has 3 nitrogen and oxygen atoms in total. The van der Waals surface area contributed by atoms with E-state index in [1.165, 1.54) is 30.5 Å². The van der Waals surface area contributed by atoms with Crippen LogP contribution in [-0.4, -0.2) is 22.5 Å². The predicted molar refractivity (Wildman–Crippen MR) is 95.5 cm³/mol. The van der Waals surface area contributed by atoms with Crippen molar-refractivity contribution < 1.29 is 8.81 Å². The van der Waals surface area contributed by atoms with Crippen molar-refractivity contribution in [3.8, 4) is 11.5 Å². The normalized spacial score (nSPS) is 17.9. The number of hydrogen-bond acceptors (Lipinski definition) is 3. The Morgan fingerprint density at radius 1 is 1.12 bits per heavy atom. The van der Waals surface area contributed by atoms with E-state index in [1.54, 1.807) is 12.3 Å². The molecule has 4 heteroatoms. The van der Waals surface area contributed by atoms with E-state index in [0.717, 1.165) is 25.2 Å². The average Bonchev–Trinajstić information content (AvgIpc) is 3.26. The first-order chi connectivity index (χ1) is 12.3. The fourth-order valence-corrected chi connectivity index (χ4v) is 3.56. The zero-order chi connectivity index (χ0) is 17.1. The van der Waals surface area contributed by atoms with Crippen LogP contribution in [0, 0.1) is 5.82 Å². The lowest BCUT2D eigenvalue weighted by molar-refractivity contribution is 0.241. The molecule has 1 aliphatic rings. The van der Waals surface area contributed by atoms with Gasteiger partial charge in [0.25, 0.3) is 0 Å². The molecule has 1 fully saturated rings. The Balaban J connectivity index is 1.45. The van der Waals surface area contributed by atoms with E-state index < -0.39 is 0 Å². The number of likely N-dealkylation sites (tertiary alicyclic amines) is 1. The van der Waals surface area contributed by atoms with Crippen molar-refractivity contribution in [2.45, 2.75) is 31.8 Å². The molecule has 4 rings (SSSR count). The molecular weight excluding hydrogens is 315 g/mol. The molecular formula is C21H21FN2O. The van der Waals surface area contributed by atoms with Gasteiger partial charge in [-0.25, -0.2) is 9.37 Å². The first-order valence-corrected chi connectivity index (χ1v) is 8.76. The molecule has 1 atom stereocenters. The van der Waals surface area contributed by atoms with Crippen molar-refractivity contribution in [1.82, 2.24) is 9.88 Å². The highest BCUT2D eigenvalue weighted by Crippen LogP contribution is 2.25. The van der Waals surface area contributed by atoms with E-state index in [-0.39, 0.29) is 5.82 Å². The second kappa shape index (κ2) is 7.19. The van der Waals surface area contributed by atoms with Crippen LogP contribution in [-0.2, 0) is 13.0 Å². The molecule has 3 aromatic rings. The van der Waals surface area contributed by atoms with Crippen molar-refractivity contribution in [2.75, 3.05) is 6.54 Å². The Morgan fingerprint density at radius 2 is 2.00 bits per heavy atom. The fraction of sp³-hybridized carbons (Fsp3) is 0.286. The summed E-state index contributed by atoms with van der Waals surface area (Å²) in [5, 5.41) is 0. The molecule has 0 bridgehead atoms. The molecule has 0 spiro atoms. The van der Waals surface area contributed by atoms with E-state index in [0.29, 0.717) is 17.5 Å². The third-order valence-electron chi connectivity index (χ3n) is 4.80. The quantitative estimate of drug-likeness (QED) is 0.677.